The summed E-state index contributed by atoms with van der Waals surface area (Å²) in [6, 6.07) is 13.7. The van der Waals surface area contributed by atoms with Gasteiger partial charge in [-0.1, -0.05) is 30.3 Å². The molecule has 0 radical (unpaired) electrons. The summed E-state index contributed by atoms with van der Waals surface area (Å²) in [4.78, 5) is 27.0. The summed E-state index contributed by atoms with van der Waals surface area (Å²) >= 11 is 0. The van der Waals surface area contributed by atoms with Gasteiger partial charge in [-0.05, 0) is 24.3 Å². The van der Waals surface area contributed by atoms with Gasteiger partial charge in [-0.15, -0.1) is 0 Å². The fourth-order valence-electron chi connectivity index (χ4n) is 2.36. The largest absolute Gasteiger partial charge is 0.546 e. The van der Waals surface area contributed by atoms with Gasteiger partial charge in [-0.2, -0.15) is 0 Å². The maximum absolute atomic E-state index is 12.1. The van der Waals surface area contributed by atoms with Crippen molar-refractivity contribution in [1.82, 2.24) is 0 Å². The monoisotopic (exact) mass is 352 g/mol. The van der Waals surface area contributed by atoms with E-state index < -0.39 is 18.5 Å². The number of hydrogen-bond donors (Lipinski definition) is 0. The van der Waals surface area contributed by atoms with Crippen molar-refractivity contribution in [3.63, 3.8) is 0 Å². The van der Waals surface area contributed by atoms with Crippen LogP contribution in [0.4, 0.5) is 0 Å². The number of benzene rings is 2. The molecule has 0 unspecified atom stereocenters. The van der Waals surface area contributed by atoms with E-state index in [9.17, 15) is 14.7 Å². The maximum atomic E-state index is 12.1. The molecule has 2 aromatic carbocycles. The Balaban J connectivity index is 1.93. The Morgan fingerprint density at radius 1 is 1.15 bits per heavy atom. The Bertz CT molecular complexity index is 916. The first-order valence-electron chi connectivity index (χ1n) is 7.66. The first-order chi connectivity index (χ1) is 12.6. The standard InChI is InChI=1S/C19H15NO6/c1-24-16-9-5-3-7-13(16)18-20-14(19(23)26-18)10-12-6-2-4-8-15(12)25-11-17(21)22/h2-10H,11H2,1H3,(H,21,22)/p-1/b14-10-. The van der Waals surface area contributed by atoms with Gasteiger partial charge in [0.05, 0.1) is 18.6 Å². The van der Waals surface area contributed by atoms with E-state index in [1.807, 2.05) is 0 Å². The first kappa shape index (κ1) is 17.2. The number of aliphatic imine (C=N–C) groups is 1. The van der Waals surface area contributed by atoms with E-state index in [0.717, 1.165) is 0 Å². The third-order valence-corrected chi connectivity index (χ3v) is 3.51. The number of esters is 1. The summed E-state index contributed by atoms with van der Waals surface area (Å²) in [7, 11) is 1.51. The second-order valence-corrected chi connectivity index (χ2v) is 5.23. The Hall–Kier alpha value is -3.61. The van der Waals surface area contributed by atoms with Crippen LogP contribution in [0, 0.1) is 0 Å². The minimum Gasteiger partial charge on any atom is -0.546 e. The number of para-hydroxylation sites is 2. The number of aliphatic carboxylic acids is 1. The molecule has 0 fully saturated rings. The van der Waals surface area contributed by atoms with Crippen LogP contribution in [0.2, 0.25) is 0 Å². The SMILES string of the molecule is COc1ccccc1C1=N/C(=C\c2ccccc2OCC(=O)[O-])C(=O)O1. The van der Waals surface area contributed by atoms with Gasteiger partial charge < -0.3 is 24.1 Å². The van der Waals surface area contributed by atoms with Crippen molar-refractivity contribution >= 4 is 23.9 Å². The second-order valence-electron chi connectivity index (χ2n) is 5.23. The molecule has 1 heterocycles. The van der Waals surface area contributed by atoms with Crippen LogP contribution in [0.25, 0.3) is 6.08 Å². The van der Waals surface area contributed by atoms with Crippen LogP contribution in [0.15, 0.2) is 59.2 Å². The summed E-state index contributed by atoms with van der Waals surface area (Å²) in [5.41, 5.74) is 1.11. The zero-order valence-corrected chi connectivity index (χ0v) is 13.8. The van der Waals surface area contributed by atoms with Crippen LogP contribution in [-0.4, -0.2) is 31.6 Å². The van der Waals surface area contributed by atoms with Crippen molar-refractivity contribution in [1.29, 1.82) is 0 Å². The van der Waals surface area contributed by atoms with Gasteiger partial charge in [0, 0.05) is 5.56 Å². The van der Waals surface area contributed by atoms with Crippen molar-refractivity contribution < 1.29 is 28.9 Å². The normalized spacial score (nSPS) is 14.7. The van der Waals surface area contributed by atoms with Gasteiger partial charge in [0.2, 0.25) is 5.90 Å². The fraction of sp³-hybridized carbons (Fsp3) is 0.105. The molecule has 0 spiro atoms. The van der Waals surface area contributed by atoms with Crippen molar-refractivity contribution in [3.8, 4) is 11.5 Å². The quantitative estimate of drug-likeness (QED) is 0.572. The number of hydrogen-bond acceptors (Lipinski definition) is 7. The van der Waals surface area contributed by atoms with Crippen LogP contribution in [0.5, 0.6) is 11.5 Å². The highest BCUT2D eigenvalue weighted by Crippen LogP contribution is 2.27. The molecule has 2 aromatic rings. The van der Waals surface area contributed by atoms with Gasteiger partial charge in [0.1, 0.15) is 18.1 Å². The molecule has 0 aromatic heterocycles. The number of carbonyl (C=O) groups excluding carboxylic acids is 2. The lowest BCUT2D eigenvalue weighted by molar-refractivity contribution is -0.307. The Morgan fingerprint density at radius 2 is 1.85 bits per heavy atom. The molecule has 1 aliphatic rings. The van der Waals surface area contributed by atoms with E-state index in [2.05, 4.69) is 4.99 Å². The van der Waals surface area contributed by atoms with Crippen LogP contribution in [-0.2, 0) is 14.3 Å². The van der Waals surface area contributed by atoms with Crippen LogP contribution in [0.3, 0.4) is 0 Å². The third-order valence-electron chi connectivity index (χ3n) is 3.51. The molecule has 0 saturated heterocycles. The van der Waals surface area contributed by atoms with Gasteiger partial charge in [-0.3, -0.25) is 0 Å². The molecule has 0 saturated carbocycles. The van der Waals surface area contributed by atoms with E-state index in [4.69, 9.17) is 14.2 Å². The van der Waals surface area contributed by atoms with E-state index in [1.54, 1.807) is 48.5 Å². The summed E-state index contributed by atoms with van der Waals surface area (Å²) in [5.74, 6) is -1.02. The highest BCUT2D eigenvalue weighted by molar-refractivity contribution is 6.13. The molecule has 0 amide bonds. The maximum Gasteiger partial charge on any atom is 0.363 e. The van der Waals surface area contributed by atoms with E-state index in [0.29, 0.717) is 16.9 Å². The molecule has 26 heavy (non-hydrogen) atoms. The van der Waals surface area contributed by atoms with E-state index in [-0.39, 0.29) is 17.3 Å². The van der Waals surface area contributed by atoms with Gasteiger partial charge in [-0.25, -0.2) is 9.79 Å². The molecule has 132 valence electrons. The second kappa shape index (κ2) is 7.52. The molecule has 0 N–H and O–H groups in total. The summed E-state index contributed by atoms with van der Waals surface area (Å²) in [6.45, 7) is -0.597. The predicted octanol–water partition coefficient (Wildman–Crippen LogP) is 1.17. The number of rotatable bonds is 6. The number of nitrogens with zero attached hydrogens (tertiary/aromatic N) is 1. The fourth-order valence-corrected chi connectivity index (χ4v) is 2.36. The molecule has 1 aliphatic heterocycles. The number of carboxylic acid groups (broad SMARTS) is 1. The molecular weight excluding hydrogens is 338 g/mol. The molecule has 0 bridgehead atoms. The smallest absolute Gasteiger partial charge is 0.363 e. The molecule has 7 nitrogen and oxygen atoms in total. The van der Waals surface area contributed by atoms with Crippen molar-refractivity contribution in [3.05, 3.63) is 65.4 Å². The Labute approximate surface area is 149 Å². The first-order valence-corrected chi connectivity index (χ1v) is 7.66. The van der Waals surface area contributed by atoms with Crippen molar-refractivity contribution in [2.24, 2.45) is 4.99 Å². The van der Waals surface area contributed by atoms with Gasteiger partial charge in [0.15, 0.2) is 5.70 Å². The molecule has 0 atom stereocenters. The van der Waals surface area contributed by atoms with Crippen LogP contribution < -0.4 is 14.6 Å². The van der Waals surface area contributed by atoms with E-state index >= 15 is 0 Å². The van der Waals surface area contributed by atoms with Gasteiger partial charge >= 0.3 is 5.97 Å². The van der Waals surface area contributed by atoms with Crippen LogP contribution in [0.1, 0.15) is 11.1 Å². The third kappa shape index (κ3) is 3.72. The van der Waals surface area contributed by atoms with Crippen molar-refractivity contribution in [2.45, 2.75) is 0 Å². The number of methoxy groups -OCH3 is 1. The highest BCUT2D eigenvalue weighted by atomic mass is 16.6. The minimum absolute atomic E-state index is 0.0652. The molecule has 7 heteroatoms. The topological polar surface area (TPSA) is 97.3 Å². The zero-order chi connectivity index (χ0) is 18.5. The minimum atomic E-state index is -1.34. The predicted molar refractivity (Wildman–Crippen MR) is 90.5 cm³/mol. The number of ether oxygens (including phenoxy) is 3. The zero-order valence-electron chi connectivity index (χ0n) is 13.8. The highest BCUT2D eigenvalue weighted by Gasteiger charge is 2.26. The molecular formula is C19H14NO6-. The average Bonchev–Trinajstić information content (AvgIpc) is 3.01. The van der Waals surface area contributed by atoms with Crippen LogP contribution >= 0.6 is 0 Å². The lowest BCUT2D eigenvalue weighted by atomic mass is 10.1. The summed E-state index contributed by atoms with van der Waals surface area (Å²) in [6.07, 6.45) is 1.47. The number of carboxylic acids is 1. The lowest BCUT2D eigenvalue weighted by Gasteiger charge is -2.09. The average molecular weight is 352 g/mol. The molecule has 0 aliphatic carbocycles. The molecule has 3 rings (SSSR count). The Morgan fingerprint density at radius 3 is 2.58 bits per heavy atom. The number of cyclic esters (lactones) is 1. The summed E-state index contributed by atoms with van der Waals surface area (Å²) in [5, 5.41) is 10.6. The van der Waals surface area contributed by atoms with E-state index in [1.165, 1.54) is 13.2 Å². The van der Waals surface area contributed by atoms with Gasteiger partial charge in [0.25, 0.3) is 0 Å². The lowest BCUT2D eigenvalue weighted by Crippen LogP contribution is -2.29. The van der Waals surface area contributed by atoms with Crippen molar-refractivity contribution in [2.75, 3.05) is 13.7 Å². The number of carbonyl (C=O) groups is 2. The Kier molecular flexibility index (Phi) is 4.98. The summed E-state index contributed by atoms with van der Waals surface area (Å²) < 4.78 is 15.6.